The molecule has 5 nitrogen and oxygen atoms in total. The molecule has 2 N–H and O–H groups in total. The fourth-order valence-corrected chi connectivity index (χ4v) is 1.03. The minimum Gasteiger partial charge on any atom is -0.423 e. The monoisotopic (exact) mass is 193 g/mol. The molecule has 72 valence electrons. The number of hydrogen-bond donors (Lipinski definition) is 2. The predicted octanol–water partition coefficient (Wildman–Crippen LogP) is -0.0824. The predicted molar refractivity (Wildman–Crippen MR) is 53.0 cm³/mol. The van der Waals surface area contributed by atoms with E-state index in [4.69, 9.17) is 10.0 Å². The normalized spacial score (nSPS) is 9.57. The maximum atomic E-state index is 10.5. The van der Waals surface area contributed by atoms with Crippen molar-refractivity contribution in [3.05, 3.63) is 40.5 Å². The molecule has 1 aromatic carbocycles. The van der Waals surface area contributed by atoms with Gasteiger partial charge in [-0.3, -0.25) is 10.1 Å². The van der Waals surface area contributed by atoms with E-state index in [1.807, 2.05) is 0 Å². The van der Waals surface area contributed by atoms with Crippen LogP contribution in [0.25, 0.3) is 6.08 Å². The Balaban J connectivity index is 3.27. The van der Waals surface area contributed by atoms with Gasteiger partial charge in [0.1, 0.15) is 0 Å². The van der Waals surface area contributed by atoms with Gasteiger partial charge in [0.2, 0.25) is 0 Å². The van der Waals surface area contributed by atoms with Crippen molar-refractivity contribution in [1.82, 2.24) is 0 Å². The van der Waals surface area contributed by atoms with Crippen LogP contribution in [-0.2, 0) is 0 Å². The Labute approximate surface area is 80.6 Å². The van der Waals surface area contributed by atoms with Crippen molar-refractivity contribution in [2.45, 2.75) is 0 Å². The summed E-state index contributed by atoms with van der Waals surface area (Å²) in [4.78, 5) is 9.85. The molecule has 1 aromatic rings. The highest BCUT2D eigenvalue weighted by Crippen LogP contribution is 2.12. The van der Waals surface area contributed by atoms with Crippen LogP contribution in [0.3, 0.4) is 0 Å². The van der Waals surface area contributed by atoms with Gasteiger partial charge in [0.05, 0.1) is 4.92 Å². The molecule has 0 radical (unpaired) electrons. The molecule has 0 saturated heterocycles. The van der Waals surface area contributed by atoms with E-state index in [1.54, 1.807) is 0 Å². The molecule has 1 rings (SSSR count). The third-order valence-electron chi connectivity index (χ3n) is 1.71. The third kappa shape index (κ3) is 2.18. The first-order valence-corrected chi connectivity index (χ1v) is 3.82. The summed E-state index contributed by atoms with van der Waals surface area (Å²) < 4.78 is 0. The fraction of sp³-hybridized carbons (Fsp3) is 0. The summed E-state index contributed by atoms with van der Waals surface area (Å²) in [6, 6.07) is 3.83. The molecule has 0 aliphatic heterocycles. The van der Waals surface area contributed by atoms with Gasteiger partial charge >= 0.3 is 7.12 Å². The molecule has 0 spiro atoms. The van der Waals surface area contributed by atoms with Gasteiger partial charge in [-0.2, -0.15) is 0 Å². The second-order valence-electron chi connectivity index (χ2n) is 2.69. The molecule has 0 fully saturated rings. The van der Waals surface area contributed by atoms with E-state index < -0.39 is 12.0 Å². The van der Waals surface area contributed by atoms with E-state index in [-0.39, 0.29) is 11.2 Å². The molecule has 0 saturated carbocycles. The lowest BCUT2D eigenvalue weighted by molar-refractivity contribution is -0.384. The van der Waals surface area contributed by atoms with Gasteiger partial charge in [-0.25, -0.2) is 0 Å². The van der Waals surface area contributed by atoms with E-state index in [9.17, 15) is 10.1 Å². The van der Waals surface area contributed by atoms with Crippen LogP contribution in [0, 0.1) is 10.1 Å². The van der Waals surface area contributed by atoms with Crippen LogP contribution in [0.2, 0.25) is 0 Å². The summed E-state index contributed by atoms with van der Waals surface area (Å²) in [5.41, 5.74) is 0.363. The first kappa shape index (κ1) is 10.4. The van der Waals surface area contributed by atoms with Crippen molar-refractivity contribution >= 4 is 24.3 Å². The molecule has 0 aliphatic rings. The lowest BCUT2D eigenvalue weighted by atomic mass is 9.79. The zero-order chi connectivity index (χ0) is 10.7. The van der Waals surface area contributed by atoms with E-state index in [2.05, 4.69) is 6.58 Å². The molecule has 0 atom stereocenters. The smallest absolute Gasteiger partial charge is 0.423 e. The Bertz CT molecular complexity index is 378. The number of benzene rings is 1. The molecule has 0 unspecified atom stereocenters. The number of non-ortho nitro benzene ring substituents is 1. The minimum absolute atomic E-state index is 0.0779. The summed E-state index contributed by atoms with van der Waals surface area (Å²) in [5.74, 6) is 0. The Morgan fingerprint density at radius 1 is 1.43 bits per heavy atom. The first-order valence-electron chi connectivity index (χ1n) is 3.82. The van der Waals surface area contributed by atoms with Gasteiger partial charge in [-0.1, -0.05) is 18.7 Å². The van der Waals surface area contributed by atoms with E-state index in [0.29, 0.717) is 5.56 Å². The van der Waals surface area contributed by atoms with E-state index in [1.165, 1.54) is 18.2 Å². The van der Waals surface area contributed by atoms with E-state index >= 15 is 0 Å². The Morgan fingerprint density at radius 3 is 2.50 bits per heavy atom. The molecule has 0 heterocycles. The topological polar surface area (TPSA) is 83.6 Å². The fourth-order valence-electron chi connectivity index (χ4n) is 1.03. The zero-order valence-corrected chi connectivity index (χ0v) is 7.25. The number of rotatable bonds is 3. The van der Waals surface area contributed by atoms with Crippen molar-refractivity contribution in [3.8, 4) is 0 Å². The first-order chi connectivity index (χ1) is 6.54. The maximum absolute atomic E-state index is 10.5. The Hall–Kier alpha value is -1.66. The molecule has 0 amide bonds. The number of nitro benzene ring substituents is 1. The summed E-state index contributed by atoms with van der Waals surface area (Å²) >= 11 is 0. The third-order valence-corrected chi connectivity index (χ3v) is 1.71. The van der Waals surface area contributed by atoms with Crippen LogP contribution < -0.4 is 5.46 Å². The zero-order valence-electron chi connectivity index (χ0n) is 7.25. The molecule has 0 bridgehead atoms. The summed E-state index contributed by atoms with van der Waals surface area (Å²) in [5, 5.41) is 28.1. The van der Waals surface area contributed by atoms with Crippen molar-refractivity contribution in [3.63, 3.8) is 0 Å². The number of nitrogens with zero attached hydrogens (tertiary/aromatic N) is 1. The quantitative estimate of drug-likeness (QED) is 0.399. The summed E-state index contributed by atoms with van der Waals surface area (Å²) in [6.07, 6.45) is 1.40. The van der Waals surface area contributed by atoms with Crippen LogP contribution in [0.1, 0.15) is 5.56 Å². The molecular weight excluding hydrogens is 185 g/mol. The average Bonchev–Trinajstić information content (AvgIpc) is 2.16. The second-order valence-corrected chi connectivity index (χ2v) is 2.69. The Morgan fingerprint density at radius 2 is 2.07 bits per heavy atom. The van der Waals surface area contributed by atoms with Gasteiger partial charge < -0.3 is 10.0 Å². The molecule has 0 aliphatic carbocycles. The maximum Gasteiger partial charge on any atom is 0.488 e. The van der Waals surface area contributed by atoms with Crippen molar-refractivity contribution in [2.24, 2.45) is 0 Å². The van der Waals surface area contributed by atoms with Crippen molar-refractivity contribution in [1.29, 1.82) is 0 Å². The van der Waals surface area contributed by atoms with Crippen molar-refractivity contribution < 1.29 is 15.0 Å². The van der Waals surface area contributed by atoms with Gasteiger partial charge in [-0.05, 0) is 11.0 Å². The van der Waals surface area contributed by atoms with Gasteiger partial charge in [0.25, 0.3) is 5.69 Å². The number of nitro groups is 1. The van der Waals surface area contributed by atoms with Crippen LogP contribution in [0.4, 0.5) is 5.69 Å². The van der Waals surface area contributed by atoms with Crippen LogP contribution >= 0.6 is 0 Å². The van der Waals surface area contributed by atoms with E-state index in [0.717, 1.165) is 6.07 Å². The highest BCUT2D eigenvalue weighted by Gasteiger charge is 2.16. The second kappa shape index (κ2) is 4.04. The molecule has 0 aromatic heterocycles. The standard InChI is InChI=1S/C8H8BNO4/c1-2-6-3-7(9(11)12)5-8(4-6)10(13)14/h2-5,11-12H,1H2. The van der Waals surface area contributed by atoms with Crippen molar-refractivity contribution in [2.75, 3.05) is 0 Å². The Kier molecular flexibility index (Phi) is 3.01. The SMILES string of the molecule is C=Cc1cc(B(O)O)cc([N+](=O)[O-])c1. The highest BCUT2D eigenvalue weighted by molar-refractivity contribution is 6.58. The van der Waals surface area contributed by atoms with Crippen LogP contribution in [0.15, 0.2) is 24.8 Å². The molecule has 6 heteroatoms. The van der Waals surface area contributed by atoms with Gasteiger partial charge in [-0.15, -0.1) is 0 Å². The van der Waals surface area contributed by atoms with Crippen LogP contribution in [0.5, 0.6) is 0 Å². The molecular formula is C8H8BNO4. The van der Waals surface area contributed by atoms with Gasteiger partial charge in [0, 0.05) is 12.1 Å². The van der Waals surface area contributed by atoms with Gasteiger partial charge in [0.15, 0.2) is 0 Å². The lowest BCUT2D eigenvalue weighted by Gasteiger charge is -2.01. The lowest BCUT2D eigenvalue weighted by Crippen LogP contribution is -2.30. The summed E-state index contributed by atoms with van der Waals surface area (Å²) in [7, 11) is -1.71. The number of hydrogen-bond acceptors (Lipinski definition) is 4. The summed E-state index contributed by atoms with van der Waals surface area (Å²) in [6.45, 7) is 3.45. The highest BCUT2D eigenvalue weighted by atomic mass is 16.6. The van der Waals surface area contributed by atoms with Crippen LogP contribution in [-0.4, -0.2) is 22.1 Å². The minimum atomic E-state index is -1.71. The average molecular weight is 193 g/mol. The largest absolute Gasteiger partial charge is 0.488 e. The molecule has 14 heavy (non-hydrogen) atoms.